The molecule has 0 unspecified atom stereocenters. The molecule has 2 aromatic rings. The SMILES string of the molecule is NNC(=O)c1coc(COc2ccc(Cl)c(F)c2)c1. The Bertz CT molecular complexity index is 600. The topological polar surface area (TPSA) is 77.5 Å². The molecule has 1 heterocycles. The summed E-state index contributed by atoms with van der Waals surface area (Å²) in [6.07, 6.45) is 1.25. The fourth-order valence-electron chi connectivity index (χ4n) is 1.38. The summed E-state index contributed by atoms with van der Waals surface area (Å²) in [5.41, 5.74) is 2.26. The fourth-order valence-corrected chi connectivity index (χ4v) is 1.50. The van der Waals surface area contributed by atoms with Gasteiger partial charge >= 0.3 is 0 Å². The minimum atomic E-state index is -0.568. The molecule has 7 heteroatoms. The number of nitrogens with two attached hydrogens (primary N) is 1. The van der Waals surface area contributed by atoms with Crippen LogP contribution in [0, 0.1) is 5.82 Å². The number of ether oxygens (including phenoxy) is 1. The van der Waals surface area contributed by atoms with Crippen molar-refractivity contribution in [1.82, 2.24) is 5.43 Å². The van der Waals surface area contributed by atoms with Gasteiger partial charge in [0.1, 0.15) is 30.2 Å². The third-order valence-electron chi connectivity index (χ3n) is 2.32. The maximum atomic E-state index is 13.2. The van der Waals surface area contributed by atoms with E-state index in [1.165, 1.54) is 30.5 Å². The summed E-state index contributed by atoms with van der Waals surface area (Å²) in [4.78, 5) is 11.2. The predicted octanol–water partition coefficient (Wildman–Crippen LogP) is 2.25. The van der Waals surface area contributed by atoms with Crippen LogP contribution in [0.1, 0.15) is 16.1 Å². The third kappa shape index (κ3) is 3.24. The van der Waals surface area contributed by atoms with E-state index in [0.29, 0.717) is 11.5 Å². The summed E-state index contributed by atoms with van der Waals surface area (Å²) in [7, 11) is 0. The summed E-state index contributed by atoms with van der Waals surface area (Å²) in [5.74, 6) is 4.67. The number of hydrogen-bond acceptors (Lipinski definition) is 4. The first kappa shape index (κ1) is 13.4. The second-order valence-corrected chi connectivity index (χ2v) is 4.05. The van der Waals surface area contributed by atoms with E-state index in [4.69, 9.17) is 26.6 Å². The van der Waals surface area contributed by atoms with Crippen molar-refractivity contribution in [3.8, 4) is 5.75 Å². The van der Waals surface area contributed by atoms with Crippen molar-refractivity contribution in [1.29, 1.82) is 0 Å². The Hall–Kier alpha value is -2.05. The number of carbonyl (C=O) groups is 1. The molecule has 1 amide bonds. The molecule has 2 rings (SSSR count). The molecular formula is C12H10ClFN2O3. The van der Waals surface area contributed by atoms with Gasteiger partial charge in [0.25, 0.3) is 5.91 Å². The molecule has 0 spiro atoms. The largest absolute Gasteiger partial charge is 0.486 e. The van der Waals surface area contributed by atoms with Crippen molar-refractivity contribution >= 4 is 17.5 Å². The number of nitrogen functional groups attached to an aromatic ring is 1. The lowest BCUT2D eigenvalue weighted by atomic mass is 10.3. The number of carbonyl (C=O) groups excluding carboxylic acids is 1. The molecule has 0 aliphatic heterocycles. The van der Waals surface area contributed by atoms with E-state index in [-0.39, 0.29) is 17.2 Å². The van der Waals surface area contributed by atoms with Crippen LogP contribution in [0.2, 0.25) is 5.02 Å². The van der Waals surface area contributed by atoms with Gasteiger partial charge in [-0.2, -0.15) is 0 Å². The number of furan rings is 1. The average molecular weight is 285 g/mol. The van der Waals surface area contributed by atoms with Crippen LogP contribution < -0.4 is 16.0 Å². The van der Waals surface area contributed by atoms with Gasteiger partial charge in [-0.05, 0) is 18.2 Å². The van der Waals surface area contributed by atoms with Crippen molar-refractivity contribution in [2.75, 3.05) is 0 Å². The van der Waals surface area contributed by atoms with Crippen LogP contribution in [-0.4, -0.2) is 5.91 Å². The molecule has 0 aliphatic carbocycles. The van der Waals surface area contributed by atoms with Crippen LogP contribution in [0.3, 0.4) is 0 Å². The van der Waals surface area contributed by atoms with Gasteiger partial charge in [-0.25, -0.2) is 10.2 Å². The second-order valence-electron chi connectivity index (χ2n) is 3.64. The van der Waals surface area contributed by atoms with Crippen molar-refractivity contribution in [2.45, 2.75) is 6.61 Å². The van der Waals surface area contributed by atoms with Gasteiger partial charge in [0.2, 0.25) is 0 Å². The second kappa shape index (κ2) is 5.73. The highest BCUT2D eigenvalue weighted by molar-refractivity contribution is 6.30. The number of nitrogens with one attached hydrogen (secondary N) is 1. The maximum Gasteiger partial charge on any atom is 0.268 e. The van der Waals surface area contributed by atoms with E-state index in [0.717, 1.165) is 0 Å². The highest BCUT2D eigenvalue weighted by Gasteiger charge is 2.09. The van der Waals surface area contributed by atoms with E-state index in [9.17, 15) is 9.18 Å². The van der Waals surface area contributed by atoms with E-state index in [1.807, 2.05) is 5.43 Å². The molecule has 3 N–H and O–H groups in total. The van der Waals surface area contributed by atoms with Crippen LogP contribution in [-0.2, 0) is 6.61 Å². The van der Waals surface area contributed by atoms with Crippen molar-refractivity contribution in [3.05, 3.63) is 52.7 Å². The van der Waals surface area contributed by atoms with Crippen LogP contribution in [0.4, 0.5) is 4.39 Å². The first-order valence-corrected chi connectivity index (χ1v) is 5.64. The lowest BCUT2D eigenvalue weighted by Crippen LogP contribution is -2.29. The zero-order valence-electron chi connectivity index (χ0n) is 9.65. The lowest BCUT2D eigenvalue weighted by molar-refractivity contribution is 0.0953. The van der Waals surface area contributed by atoms with Crippen molar-refractivity contribution in [2.24, 2.45) is 5.84 Å². The minimum Gasteiger partial charge on any atom is -0.486 e. The fraction of sp³-hybridized carbons (Fsp3) is 0.0833. The summed E-state index contributed by atoms with van der Waals surface area (Å²) in [6, 6.07) is 5.57. The van der Waals surface area contributed by atoms with Crippen molar-refractivity contribution in [3.63, 3.8) is 0 Å². The van der Waals surface area contributed by atoms with Gasteiger partial charge in [0, 0.05) is 6.07 Å². The van der Waals surface area contributed by atoms with Gasteiger partial charge in [-0.15, -0.1) is 0 Å². The smallest absolute Gasteiger partial charge is 0.268 e. The van der Waals surface area contributed by atoms with Gasteiger partial charge in [-0.1, -0.05) is 11.6 Å². The quantitative estimate of drug-likeness (QED) is 0.513. The van der Waals surface area contributed by atoms with Crippen LogP contribution in [0.25, 0.3) is 0 Å². The Balaban J connectivity index is 2.00. The van der Waals surface area contributed by atoms with Crippen molar-refractivity contribution < 1.29 is 18.3 Å². The molecule has 0 bridgehead atoms. The van der Waals surface area contributed by atoms with Gasteiger partial charge in [0.15, 0.2) is 0 Å². The summed E-state index contributed by atoms with van der Waals surface area (Å²) >= 11 is 5.55. The molecule has 1 aromatic heterocycles. The Kier molecular flexibility index (Phi) is 4.03. The first-order valence-electron chi connectivity index (χ1n) is 5.26. The number of hydrazine groups is 1. The van der Waals surface area contributed by atoms with Crippen LogP contribution >= 0.6 is 11.6 Å². The zero-order valence-corrected chi connectivity index (χ0v) is 10.4. The van der Waals surface area contributed by atoms with E-state index in [2.05, 4.69) is 0 Å². The highest BCUT2D eigenvalue weighted by Crippen LogP contribution is 2.21. The number of rotatable bonds is 4. The average Bonchev–Trinajstić information content (AvgIpc) is 2.88. The summed E-state index contributed by atoms with van der Waals surface area (Å²) < 4.78 is 23.6. The molecule has 0 saturated carbocycles. The van der Waals surface area contributed by atoms with Crippen LogP contribution in [0.15, 0.2) is 34.9 Å². The summed E-state index contributed by atoms with van der Waals surface area (Å²) in [6.45, 7) is 0.0545. The molecule has 0 saturated heterocycles. The molecular weight excluding hydrogens is 275 g/mol. The Morgan fingerprint density at radius 2 is 2.26 bits per heavy atom. The van der Waals surface area contributed by atoms with Crippen LogP contribution in [0.5, 0.6) is 5.75 Å². The molecule has 0 atom stereocenters. The van der Waals surface area contributed by atoms with Gasteiger partial charge in [0.05, 0.1) is 10.6 Å². The normalized spacial score (nSPS) is 10.3. The molecule has 5 nitrogen and oxygen atoms in total. The lowest BCUT2D eigenvalue weighted by Gasteiger charge is -2.04. The minimum absolute atomic E-state index is 0.0206. The van der Waals surface area contributed by atoms with E-state index < -0.39 is 11.7 Å². The van der Waals surface area contributed by atoms with Gasteiger partial charge < -0.3 is 9.15 Å². The molecule has 0 aliphatic rings. The Labute approximate surface area is 113 Å². The molecule has 0 radical (unpaired) electrons. The van der Waals surface area contributed by atoms with Gasteiger partial charge in [-0.3, -0.25) is 10.2 Å². The Morgan fingerprint density at radius 1 is 1.47 bits per heavy atom. The monoisotopic (exact) mass is 284 g/mol. The van der Waals surface area contributed by atoms with E-state index in [1.54, 1.807) is 0 Å². The molecule has 100 valence electrons. The zero-order chi connectivity index (χ0) is 13.8. The highest BCUT2D eigenvalue weighted by atomic mass is 35.5. The number of amides is 1. The molecule has 1 aromatic carbocycles. The summed E-state index contributed by atoms with van der Waals surface area (Å²) in [5, 5.41) is 0.0206. The Morgan fingerprint density at radius 3 is 2.95 bits per heavy atom. The number of halogens is 2. The van der Waals surface area contributed by atoms with E-state index >= 15 is 0 Å². The first-order chi connectivity index (χ1) is 9.10. The molecule has 19 heavy (non-hydrogen) atoms. The standard InChI is InChI=1S/C12H10ClFN2O3/c13-10-2-1-8(4-11(10)14)19-6-9-3-7(5-18-9)12(17)16-15/h1-5H,6,15H2,(H,16,17). The maximum absolute atomic E-state index is 13.2. The molecule has 0 fully saturated rings. The number of benzene rings is 1. The number of hydrogen-bond donors (Lipinski definition) is 2. The third-order valence-corrected chi connectivity index (χ3v) is 2.63. The predicted molar refractivity (Wildman–Crippen MR) is 66.1 cm³/mol.